The minimum atomic E-state index is -0.353. The van der Waals surface area contributed by atoms with Crippen LogP contribution in [0.25, 0.3) is 0 Å². The Morgan fingerprint density at radius 1 is 0.535 bits per heavy atom. The van der Waals surface area contributed by atoms with Crippen LogP contribution in [0.5, 0.6) is 0 Å². The third-order valence-corrected chi connectivity index (χ3v) is 6.96. The molecule has 0 heterocycles. The van der Waals surface area contributed by atoms with Gasteiger partial charge in [-0.2, -0.15) is 0 Å². The van der Waals surface area contributed by atoms with Crippen LogP contribution in [0.4, 0.5) is 0 Å². The van der Waals surface area contributed by atoms with E-state index in [1.54, 1.807) is 5.48 Å². The van der Waals surface area contributed by atoms with Crippen LogP contribution in [0.3, 0.4) is 0 Å². The average Bonchev–Trinajstić information content (AvgIpc) is 2.99. The molecule has 0 saturated heterocycles. The maximum atomic E-state index is 11.9. The predicted molar refractivity (Wildman–Crippen MR) is 193 cm³/mol. The number of nitrogens with one attached hydrogen (secondary N) is 5. The number of carbonyl (C=O) groups excluding carboxylic acids is 2. The van der Waals surface area contributed by atoms with E-state index in [0.29, 0.717) is 25.3 Å². The van der Waals surface area contributed by atoms with Crippen LogP contribution in [-0.4, -0.2) is 62.8 Å². The van der Waals surface area contributed by atoms with E-state index in [9.17, 15) is 9.59 Å². The molecule has 0 aromatic heterocycles. The highest BCUT2D eigenvalue weighted by atomic mass is 79.9. The smallest absolute Gasteiger partial charge is 0.243 e. The topological polar surface area (TPSA) is 115 Å². The Bertz CT molecular complexity index is 874. The molecule has 8 nitrogen and oxygen atoms in total. The van der Waals surface area contributed by atoms with Crippen LogP contribution >= 0.6 is 50.9 Å². The summed E-state index contributed by atoms with van der Waals surface area (Å²) in [6, 6.07) is 21.6. The second-order valence-electron chi connectivity index (χ2n) is 10.3. The normalized spacial score (nSPS) is 10.3. The van der Waals surface area contributed by atoms with Crippen molar-refractivity contribution < 1.29 is 14.8 Å². The van der Waals surface area contributed by atoms with Crippen molar-refractivity contribution in [1.82, 2.24) is 26.7 Å². The maximum absolute atomic E-state index is 11.9. The van der Waals surface area contributed by atoms with Crippen molar-refractivity contribution in [3.05, 3.63) is 71.8 Å². The fraction of sp³-hybridized carbons (Fsp3) is 0.562. The summed E-state index contributed by atoms with van der Waals surface area (Å²) in [6.07, 6.45) is 8.46. The molecular weight excluding hydrogens is 742 g/mol. The summed E-state index contributed by atoms with van der Waals surface area (Å²) >= 11 is 0. The number of hydrogen-bond donors (Lipinski definition) is 6. The predicted octanol–water partition coefficient (Wildman–Crippen LogP) is 5.84. The molecule has 0 spiro atoms. The number of benzene rings is 2. The first-order chi connectivity index (χ1) is 19.7. The van der Waals surface area contributed by atoms with E-state index in [0.717, 1.165) is 90.6 Å². The lowest BCUT2D eigenvalue weighted by molar-refractivity contribution is -0.129. The minimum Gasteiger partial charge on any atom is -0.356 e. The highest BCUT2D eigenvalue weighted by Crippen LogP contribution is 2.27. The van der Waals surface area contributed by atoms with Gasteiger partial charge in [-0.3, -0.25) is 14.8 Å². The molecule has 0 aliphatic rings. The summed E-state index contributed by atoms with van der Waals surface area (Å²) in [7, 11) is 0. The fourth-order valence-electron chi connectivity index (χ4n) is 4.70. The summed E-state index contributed by atoms with van der Waals surface area (Å²) in [5.41, 5.74) is 4.39. The molecule has 43 heavy (non-hydrogen) atoms. The van der Waals surface area contributed by atoms with Gasteiger partial charge in [-0.15, -0.1) is 50.9 Å². The number of rotatable bonds is 24. The number of carbonyl (C=O) groups is 2. The third-order valence-electron chi connectivity index (χ3n) is 6.96. The SMILES string of the molecule is Br.Br.Br.O=C(CCCCCCC(=O)NCCCNCCCNCCCNCCC(c1ccccc1)c1ccccc1)NO. The van der Waals surface area contributed by atoms with Gasteiger partial charge in [0, 0.05) is 25.3 Å². The Kier molecular flexibility index (Phi) is 31.2. The molecule has 0 aliphatic carbocycles. The molecule has 2 aromatic rings. The van der Waals surface area contributed by atoms with Gasteiger partial charge in [-0.1, -0.05) is 73.5 Å². The third kappa shape index (κ3) is 22.8. The lowest BCUT2D eigenvalue weighted by atomic mass is 9.88. The largest absolute Gasteiger partial charge is 0.356 e. The Balaban J connectivity index is 0. The highest BCUT2D eigenvalue weighted by molar-refractivity contribution is 8.93. The lowest BCUT2D eigenvalue weighted by Crippen LogP contribution is -2.28. The van der Waals surface area contributed by atoms with Gasteiger partial charge in [0.1, 0.15) is 0 Å². The van der Waals surface area contributed by atoms with Gasteiger partial charge in [-0.25, -0.2) is 5.48 Å². The monoisotopic (exact) mass is 793 g/mol. The quantitative estimate of drug-likeness (QED) is 0.0453. The number of amides is 2. The molecule has 0 bridgehead atoms. The zero-order valence-corrected chi connectivity index (χ0v) is 30.5. The zero-order chi connectivity index (χ0) is 28.5. The highest BCUT2D eigenvalue weighted by Gasteiger charge is 2.13. The molecule has 2 aromatic carbocycles. The Hall–Kier alpha value is -1.34. The lowest BCUT2D eigenvalue weighted by Gasteiger charge is -2.18. The summed E-state index contributed by atoms with van der Waals surface area (Å²) in [5, 5.41) is 22.0. The van der Waals surface area contributed by atoms with Crippen LogP contribution < -0.4 is 26.7 Å². The van der Waals surface area contributed by atoms with E-state index in [1.165, 1.54) is 11.1 Å². The van der Waals surface area contributed by atoms with E-state index in [4.69, 9.17) is 5.21 Å². The number of halogens is 3. The summed E-state index contributed by atoms with van der Waals surface area (Å²) in [4.78, 5) is 22.8. The second-order valence-corrected chi connectivity index (χ2v) is 10.3. The van der Waals surface area contributed by atoms with E-state index in [1.807, 2.05) is 0 Å². The standard InChI is InChI=1S/C32H51N5O3.3BrH/c38-31(18-9-1-2-10-19-32(39)37-40)36-26-13-25-34-22-11-21-33-23-12-24-35-27-20-30(28-14-5-3-6-15-28)29-16-7-4-8-17-29;;;/h3-8,14-17,30,33-35,40H,1-2,9-13,18-27H2,(H,36,38)(H,37,39);3*1H. The molecule has 11 heteroatoms. The van der Waals surface area contributed by atoms with Crippen molar-refractivity contribution >= 4 is 62.8 Å². The van der Waals surface area contributed by atoms with Gasteiger partial charge in [0.05, 0.1) is 0 Å². The maximum Gasteiger partial charge on any atom is 0.243 e. The van der Waals surface area contributed by atoms with Crippen LogP contribution in [0.1, 0.15) is 81.3 Å². The molecule has 2 rings (SSSR count). The van der Waals surface area contributed by atoms with E-state index >= 15 is 0 Å². The summed E-state index contributed by atoms with van der Waals surface area (Å²) in [5.74, 6) is 0.168. The van der Waals surface area contributed by atoms with E-state index in [-0.39, 0.29) is 62.8 Å². The summed E-state index contributed by atoms with van der Waals surface area (Å²) in [6.45, 7) is 6.66. The van der Waals surface area contributed by atoms with Gasteiger partial charge >= 0.3 is 0 Å². The summed E-state index contributed by atoms with van der Waals surface area (Å²) < 4.78 is 0. The van der Waals surface area contributed by atoms with Crippen molar-refractivity contribution in [2.75, 3.05) is 45.8 Å². The first-order valence-corrected chi connectivity index (χ1v) is 15.1. The number of hydrogen-bond acceptors (Lipinski definition) is 6. The van der Waals surface area contributed by atoms with Crippen LogP contribution in [0, 0.1) is 0 Å². The fourth-order valence-corrected chi connectivity index (χ4v) is 4.70. The first kappa shape index (κ1) is 43.8. The van der Waals surface area contributed by atoms with Gasteiger partial charge in [0.15, 0.2) is 0 Å². The Morgan fingerprint density at radius 3 is 1.42 bits per heavy atom. The second kappa shape index (κ2) is 30.7. The van der Waals surface area contributed by atoms with Gasteiger partial charge in [-0.05, 0) is 88.9 Å². The molecule has 0 radical (unpaired) electrons. The first-order valence-electron chi connectivity index (χ1n) is 15.1. The van der Waals surface area contributed by atoms with E-state index < -0.39 is 0 Å². The molecule has 2 amide bonds. The van der Waals surface area contributed by atoms with Gasteiger partial charge in [0.2, 0.25) is 11.8 Å². The zero-order valence-electron chi connectivity index (χ0n) is 25.4. The Labute approximate surface area is 290 Å². The molecule has 0 aliphatic heterocycles. The van der Waals surface area contributed by atoms with Crippen molar-refractivity contribution in [1.29, 1.82) is 0 Å². The molecular formula is C32H54Br3N5O3. The van der Waals surface area contributed by atoms with Crippen LogP contribution in [0.2, 0.25) is 0 Å². The van der Waals surface area contributed by atoms with Crippen molar-refractivity contribution in [2.45, 2.75) is 70.1 Å². The Morgan fingerprint density at radius 2 is 0.953 bits per heavy atom. The molecule has 0 atom stereocenters. The van der Waals surface area contributed by atoms with Gasteiger partial charge < -0.3 is 21.3 Å². The van der Waals surface area contributed by atoms with E-state index in [2.05, 4.69) is 81.9 Å². The number of hydroxylamine groups is 1. The molecule has 0 fully saturated rings. The molecule has 0 saturated carbocycles. The van der Waals surface area contributed by atoms with Gasteiger partial charge in [0.25, 0.3) is 0 Å². The molecule has 0 unspecified atom stereocenters. The van der Waals surface area contributed by atoms with Crippen LogP contribution in [0.15, 0.2) is 60.7 Å². The van der Waals surface area contributed by atoms with Crippen molar-refractivity contribution in [3.63, 3.8) is 0 Å². The molecule has 246 valence electrons. The minimum absolute atomic E-state index is 0. The number of unbranched alkanes of at least 4 members (excludes halogenated alkanes) is 3. The van der Waals surface area contributed by atoms with Crippen molar-refractivity contribution in [2.24, 2.45) is 0 Å². The average molecular weight is 797 g/mol. The van der Waals surface area contributed by atoms with Crippen LogP contribution in [-0.2, 0) is 9.59 Å². The molecule has 6 N–H and O–H groups in total. The van der Waals surface area contributed by atoms with Crippen molar-refractivity contribution in [3.8, 4) is 0 Å².